The Morgan fingerprint density at radius 3 is 2.63 bits per heavy atom. The summed E-state index contributed by atoms with van der Waals surface area (Å²) in [6, 6.07) is 3.08. The summed E-state index contributed by atoms with van der Waals surface area (Å²) in [5, 5.41) is 6.90. The average Bonchev–Trinajstić information content (AvgIpc) is 3.39. The molecule has 1 aromatic carbocycles. The number of benzene rings is 1. The number of nitrogens with zero attached hydrogens (tertiary/aromatic N) is 4. The van der Waals surface area contributed by atoms with E-state index < -0.39 is 44.8 Å². The summed E-state index contributed by atoms with van der Waals surface area (Å²) in [5.41, 5.74) is -2.01. The van der Waals surface area contributed by atoms with E-state index in [0.29, 0.717) is 23.8 Å². The monoisotopic (exact) mass is 615 g/mol. The van der Waals surface area contributed by atoms with E-state index in [2.05, 4.69) is 25.3 Å². The van der Waals surface area contributed by atoms with Crippen molar-refractivity contribution in [2.45, 2.75) is 38.3 Å². The fourth-order valence-corrected chi connectivity index (χ4v) is 6.53. The number of piperidine rings is 1. The van der Waals surface area contributed by atoms with Crippen LogP contribution in [0.1, 0.15) is 32.1 Å². The van der Waals surface area contributed by atoms with Gasteiger partial charge in [0.25, 0.3) is 5.56 Å². The second-order valence-electron chi connectivity index (χ2n) is 10.3. The SMILES string of the molecule is Cl.Cn1c(=O)c(-c2c(F)ccc(NS(=O)(=O)N3CC[C@@H](F)C3)c2F)cc2cnc(NCCCC3CCNCC3)nc21. The van der Waals surface area contributed by atoms with Gasteiger partial charge in [-0.05, 0) is 69.3 Å². The lowest BCUT2D eigenvalue weighted by Gasteiger charge is -2.22. The lowest BCUT2D eigenvalue weighted by atomic mass is 9.93. The van der Waals surface area contributed by atoms with E-state index >= 15 is 4.39 Å². The molecule has 3 aromatic rings. The van der Waals surface area contributed by atoms with Gasteiger partial charge in [0.05, 0.1) is 16.8 Å². The lowest BCUT2D eigenvalue weighted by Crippen LogP contribution is -2.34. The summed E-state index contributed by atoms with van der Waals surface area (Å²) in [6.07, 6.45) is 4.57. The number of hydrogen-bond donors (Lipinski definition) is 3. The van der Waals surface area contributed by atoms with Gasteiger partial charge < -0.3 is 10.6 Å². The Kier molecular flexibility index (Phi) is 9.77. The fraction of sp³-hybridized carbons (Fsp3) is 0.500. The Morgan fingerprint density at radius 1 is 1.17 bits per heavy atom. The molecule has 2 aliphatic rings. The topological polar surface area (TPSA) is 121 Å². The smallest absolute Gasteiger partial charge is 0.301 e. The third kappa shape index (κ3) is 6.76. The van der Waals surface area contributed by atoms with Crippen LogP contribution in [0, 0.1) is 17.6 Å². The first-order valence-electron chi connectivity index (χ1n) is 13.4. The van der Waals surface area contributed by atoms with Crippen molar-refractivity contribution in [2.75, 3.05) is 42.8 Å². The fourth-order valence-electron chi connectivity index (χ4n) is 5.26. The highest BCUT2D eigenvalue weighted by Crippen LogP contribution is 2.31. The van der Waals surface area contributed by atoms with E-state index in [1.165, 1.54) is 36.7 Å². The first-order chi connectivity index (χ1) is 19.1. The van der Waals surface area contributed by atoms with E-state index in [-0.39, 0.29) is 43.1 Å². The van der Waals surface area contributed by atoms with E-state index in [4.69, 9.17) is 0 Å². The molecule has 2 aromatic heterocycles. The van der Waals surface area contributed by atoms with Crippen LogP contribution in [0.25, 0.3) is 22.2 Å². The number of alkyl halides is 1. The van der Waals surface area contributed by atoms with Crippen molar-refractivity contribution in [2.24, 2.45) is 13.0 Å². The molecule has 4 heterocycles. The predicted octanol–water partition coefficient (Wildman–Crippen LogP) is 3.59. The molecular formula is C26H33ClF3N7O3S. The summed E-state index contributed by atoms with van der Waals surface area (Å²) >= 11 is 0. The van der Waals surface area contributed by atoms with Crippen molar-refractivity contribution >= 4 is 45.3 Å². The Labute approximate surface area is 242 Å². The molecule has 3 N–H and O–H groups in total. The highest BCUT2D eigenvalue weighted by molar-refractivity contribution is 7.90. The molecule has 0 radical (unpaired) electrons. The first-order valence-corrected chi connectivity index (χ1v) is 14.8. The number of pyridine rings is 1. The van der Waals surface area contributed by atoms with Crippen molar-refractivity contribution in [3.63, 3.8) is 0 Å². The van der Waals surface area contributed by atoms with Gasteiger partial charge in [0.15, 0.2) is 5.82 Å². The van der Waals surface area contributed by atoms with Gasteiger partial charge in [0.1, 0.15) is 17.6 Å². The largest absolute Gasteiger partial charge is 0.354 e. The third-order valence-electron chi connectivity index (χ3n) is 7.51. The van der Waals surface area contributed by atoms with Gasteiger partial charge in [-0.2, -0.15) is 17.7 Å². The minimum absolute atomic E-state index is 0. The summed E-state index contributed by atoms with van der Waals surface area (Å²) < 4.78 is 73.3. The first kappa shape index (κ1) is 31.0. The van der Waals surface area contributed by atoms with Crippen LogP contribution in [0.4, 0.5) is 24.8 Å². The molecule has 1 atom stereocenters. The number of rotatable bonds is 9. The maximum atomic E-state index is 15.5. The Balaban J connectivity index is 0.00000387. The minimum atomic E-state index is -4.29. The Hall–Kier alpha value is -2.94. The molecule has 2 fully saturated rings. The molecule has 0 unspecified atom stereocenters. The molecule has 41 heavy (non-hydrogen) atoms. The van der Waals surface area contributed by atoms with Crippen molar-refractivity contribution < 1.29 is 21.6 Å². The van der Waals surface area contributed by atoms with Crippen LogP contribution in [-0.4, -0.2) is 66.2 Å². The quantitative estimate of drug-likeness (QED) is 0.315. The summed E-state index contributed by atoms with van der Waals surface area (Å²) in [5.74, 6) is -1.26. The molecular weight excluding hydrogens is 583 g/mol. The number of nitrogens with one attached hydrogen (secondary N) is 3. The normalized spacial score (nSPS) is 18.4. The second-order valence-corrected chi connectivity index (χ2v) is 12.0. The number of anilines is 2. The Morgan fingerprint density at radius 2 is 1.93 bits per heavy atom. The molecule has 5 rings (SSSR count). The van der Waals surface area contributed by atoms with Crippen LogP contribution >= 0.6 is 12.4 Å². The zero-order valence-electron chi connectivity index (χ0n) is 22.5. The van der Waals surface area contributed by atoms with Gasteiger partial charge in [0, 0.05) is 38.3 Å². The number of aromatic nitrogens is 3. The third-order valence-corrected chi connectivity index (χ3v) is 9.00. The van der Waals surface area contributed by atoms with Crippen LogP contribution in [-0.2, 0) is 17.3 Å². The Bertz CT molecular complexity index is 1570. The number of aryl methyl sites for hydroxylation is 1. The molecule has 0 bridgehead atoms. The molecule has 0 spiro atoms. The molecule has 224 valence electrons. The minimum Gasteiger partial charge on any atom is -0.354 e. The van der Waals surface area contributed by atoms with Crippen molar-refractivity contribution in [3.05, 3.63) is 46.4 Å². The summed E-state index contributed by atoms with van der Waals surface area (Å²) in [6.45, 7) is 2.35. The zero-order valence-corrected chi connectivity index (χ0v) is 24.1. The highest BCUT2D eigenvalue weighted by Gasteiger charge is 2.32. The standard InChI is InChI=1S/C26H32F3N7O3S.ClH/c1-35-24-17(14-32-26(33-24)31-9-2-3-16-6-10-30-11-7-16)13-19(25(35)37)22-20(28)4-5-21(23(22)29)34-40(38,39)36-12-8-18(27)15-36;/h4-5,13-14,16,18,30,34H,2-3,6-12,15H2,1H3,(H,31,32,33);1H/t18-;/m1./s1. The zero-order chi connectivity index (χ0) is 28.4. The molecule has 0 saturated carbocycles. The van der Waals surface area contributed by atoms with Crippen LogP contribution < -0.4 is 20.9 Å². The number of fused-ring (bicyclic) bond motifs is 1. The second kappa shape index (κ2) is 12.9. The van der Waals surface area contributed by atoms with E-state index in [0.717, 1.165) is 42.4 Å². The number of hydrogen-bond acceptors (Lipinski definition) is 7. The van der Waals surface area contributed by atoms with Gasteiger partial charge in [-0.3, -0.25) is 14.1 Å². The van der Waals surface area contributed by atoms with Crippen LogP contribution in [0.2, 0.25) is 0 Å². The van der Waals surface area contributed by atoms with Gasteiger partial charge >= 0.3 is 10.2 Å². The van der Waals surface area contributed by atoms with Crippen molar-refractivity contribution in [1.29, 1.82) is 0 Å². The van der Waals surface area contributed by atoms with Crippen molar-refractivity contribution in [1.82, 2.24) is 24.2 Å². The molecule has 2 aliphatic heterocycles. The van der Waals surface area contributed by atoms with Crippen LogP contribution in [0.15, 0.2) is 29.2 Å². The van der Waals surface area contributed by atoms with Gasteiger partial charge in [-0.1, -0.05) is 0 Å². The molecule has 2 saturated heterocycles. The number of halogens is 4. The van der Waals surface area contributed by atoms with E-state index in [9.17, 15) is 22.0 Å². The van der Waals surface area contributed by atoms with E-state index in [1.54, 1.807) is 0 Å². The molecule has 15 heteroatoms. The van der Waals surface area contributed by atoms with Crippen LogP contribution in [0.5, 0.6) is 0 Å². The summed E-state index contributed by atoms with van der Waals surface area (Å²) in [4.78, 5) is 22.0. The van der Waals surface area contributed by atoms with Crippen LogP contribution in [0.3, 0.4) is 0 Å². The average molecular weight is 616 g/mol. The molecule has 0 amide bonds. The maximum absolute atomic E-state index is 15.5. The molecule has 0 aliphatic carbocycles. The van der Waals surface area contributed by atoms with E-state index in [1.807, 2.05) is 0 Å². The van der Waals surface area contributed by atoms with Gasteiger partial charge in [0.2, 0.25) is 5.95 Å². The summed E-state index contributed by atoms with van der Waals surface area (Å²) in [7, 11) is -2.85. The maximum Gasteiger partial charge on any atom is 0.301 e. The highest BCUT2D eigenvalue weighted by atomic mass is 35.5. The van der Waals surface area contributed by atoms with Crippen molar-refractivity contribution in [3.8, 4) is 11.1 Å². The predicted molar refractivity (Wildman–Crippen MR) is 154 cm³/mol. The molecule has 10 nitrogen and oxygen atoms in total. The lowest BCUT2D eigenvalue weighted by molar-refractivity contribution is 0.343. The van der Waals surface area contributed by atoms with Gasteiger partial charge in [-0.25, -0.2) is 18.2 Å². The van der Waals surface area contributed by atoms with Gasteiger partial charge in [-0.15, -0.1) is 12.4 Å².